The molecule has 1 atom stereocenters. The average Bonchev–Trinajstić information content (AvgIpc) is 2.28. The van der Waals surface area contributed by atoms with E-state index in [2.05, 4.69) is 10.6 Å². The van der Waals surface area contributed by atoms with E-state index in [0.717, 1.165) is 12.1 Å². The van der Waals surface area contributed by atoms with Crippen LogP contribution in [-0.2, 0) is 11.3 Å². The van der Waals surface area contributed by atoms with Crippen molar-refractivity contribution in [2.24, 2.45) is 0 Å². The zero-order chi connectivity index (χ0) is 11.8. The molecule has 0 aliphatic rings. The molecule has 0 spiro atoms. The Bertz CT molecular complexity index is 314. The average molecular weight is 222 g/mol. The Hall–Kier alpha value is -1.55. The fraction of sp³-hybridized carbons (Fsp3) is 0.417. The van der Waals surface area contributed by atoms with E-state index in [4.69, 9.17) is 4.74 Å². The van der Waals surface area contributed by atoms with Crippen molar-refractivity contribution < 1.29 is 9.53 Å². The summed E-state index contributed by atoms with van der Waals surface area (Å²) >= 11 is 0. The van der Waals surface area contributed by atoms with E-state index >= 15 is 0 Å². The molecule has 0 saturated heterocycles. The van der Waals surface area contributed by atoms with Crippen LogP contribution in [0.4, 0.5) is 4.79 Å². The summed E-state index contributed by atoms with van der Waals surface area (Å²) in [5, 5.41) is 5.70. The summed E-state index contributed by atoms with van der Waals surface area (Å²) in [6, 6.07) is 9.67. The van der Waals surface area contributed by atoms with Crippen LogP contribution in [0.1, 0.15) is 12.5 Å². The van der Waals surface area contributed by atoms with E-state index < -0.39 is 0 Å². The van der Waals surface area contributed by atoms with Crippen LogP contribution < -0.4 is 10.6 Å². The molecule has 88 valence electrons. The van der Waals surface area contributed by atoms with Gasteiger partial charge < -0.3 is 15.4 Å². The van der Waals surface area contributed by atoms with Crippen LogP contribution in [0.25, 0.3) is 0 Å². The Kier molecular flexibility index (Phi) is 5.36. The molecule has 1 aromatic carbocycles. The number of nitrogens with one attached hydrogen (secondary N) is 2. The normalized spacial score (nSPS) is 11.9. The molecule has 0 bridgehead atoms. The summed E-state index contributed by atoms with van der Waals surface area (Å²) < 4.78 is 5.07. The minimum absolute atomic E-state index is 0.0632. The number of carbonyl (C=O) groups excluding carboxylic acids is 1. The van der Waals surface area contributed by atoms with Crippen molar-refractivity contribution in [3.8, 4) is 0 Å². The molecule has 0 saturated carbocycles. The lowest BCUT2D eigenvalue weighted by Gasteiger charge is -2.13. The quantitative estimate of drug-likeness (QED) is 0.794. The van der Waals surface area contributed by atoms with Gasteiger partial charge in [-0.15, -0.1) is 0 Å². The van der Waals surface area contributed by atoms with Crippen molar-refractivity contribution in [3.05, 3.63) is 35.9 Å². The predicted octanol–water partition coefficient (Wildman–Crippen LogP) is 1.52. The highest BCUT2D eigenvalue weighted by atomic mass is 16.5. The molecular formula is C12H18N2O2. The highest BCUT2D eigenvalue weighted by molar-refractivity contribution is 5.67. The molecule has 0 heterocycles. The van der Waals surface area contributed by atoms with Crippen molar-refractivity contribution in [1.82, 2.24) is 10.6 Å². The molecular weight excluding hydrogens is 204 g/mol. The van der Waals surface area contributed by atoms with Gasteiger partial charge in [0.1, 0.15) is 6.61 Å². The summed E-state index contributed by atoms with van der Waals surface area (Å²) in [5.74, 6) is 0. The van der Waals surface area contributed by atoms with E-state index in [9.17, 15) is 4.79 Å². The highest BCUT2D eigenvalue weighted by Gasteiger charge is 2.06. The molecule has 4 nitrogen and oxygen atoms in total. The number of amides is 1. The highest BCUT2D eigenvalue weighted by Crippen LogP contribution is 2.00. The topological polar surface area (TPSA) is 50.4 Å². The van der Waals surface area contributed by atoms with E-state index in [1.54, 1.807) is 0 Å². The first-order valence-corrected chi connectivity index (χ1v) is 5.34. The lowest BCUT2D eigenvalue weighted by atomic mass is 10.2. The van der Waals surface area contributed by atoms with Gasteiger partial charge in [-0.2, -0.15) is 0 Å². The first-order valence-electron chi connectivity index (χ1n) is 5.34. The summed E-state index contributed by atoms with van der Waals surface area (Å²) in [6.07, 6.45) is -0.383. The van der Waals surface area contributed by atoms with Gasteiger partial charge in [-0.05, 0) is 19.5 Å². The van der Waals surface area contributed by atoms with Gasteiger partial charge in [-0.25, -0.2) is 4.79 Å². The third-order valence-corrected chi connectivity index (χ3v) is 2.09. The Morgan fingerprint density at radius 2 is 2.06 bits per heavy atom. The number of carbonyl (C=O) groups is 1. The molecule has 1 amide bonds. The molecule has 0 fully saturated rings. The van der Waals surface area contributed by atoms with E-state index in [1.807, 2.05) is 44.3 Å². The van der Waals surface area contributed by atoms with E-state index in [0.29, 0.717) is 6.61 Å². The van der Waals surface area contributed by atoms with Gasteiger partial charge in [0.05, 0.1) is 0 Å². The van der Waals surface area contributed by atoms with Gasteiger partial charge in [-0.3, -0.25) is 0 Å². The van der Waals surface area contributed by atoms with Gasteiger partial charge in [0.25, 0.3) is 0 Å². The Morgan fingerprint density at radius 3 is 2.69 bits per heavy atom. The molecule has 2 N–H and O–H groups in total. The SMILES string of the molecule is CNC[C@H](C)NC(=O)OCc1ccccc1. The number of benzene rings is 1. The summed E-state index contributed by atoms with van der Waals surface area (Å²) in [7, 11) is 1.84. The maximum Gasteiger partial charge on any atom is 0.407 e. The molecule has 0 unspecified atom stereocenters. The Balaban J connectivity index is 2.25. The number of rotatable bonds is 5. The first kappa shape index (κ1) is 12.5. The minimum Gasteiger partial charge on any atom is -0.445 e. The van der Waals surface area contributed by atoms with Crippen LogP contribution in [0, 0.1) is 0 Å². The molecule has 0 aliphatic heterocycles. The second kappa shape index (κ2) is 6.85. The van der Waals surface area contributed by atoms with Gasteiger partial charge in [0.2, 0.25) is 0 Å². The first-order chi connectivity index (χ1) is 7.72. The molecule has 1 aromatic rings. The van der Waals surface area contributed by atoms with Crippen LogP contribution in [0.5, 0.6) is 0 Å². The number of ether oxygens (including phenoxy) is 1. The minimum atomic E-state index is -0.383. The maximum atomic E-state index is 11.3. The Morgan fingerprint density at radius 1 is 1.38 bits per heavy atom. The lowest BCUT2D eigenvalue weighted by molar-refractivity contribution is 0.136. The molecule has 0 aromatic heterocycles. The van der Waals surface area contributed by atoms with Gasteiger partial charge in [0.15, 0.2) is 0 Å². The van der Waals surface area contributed by atoms with Crippen molar-refractivity contribution in [2.75, 3.05) is 13.6 Å². The predicted molar refractivity (Wildman–Crippen MR) is 63.2 cm³/mol. The number of likely N-dealkylation sites (N-methyl/N-ethyl adjacent to an activating group) is 1. The van der Waals surface area contributed by atoms with Gasteiger partial charge >= 0.3 is 6.09 Å². The van der Waals surface area contributed by atoms with Crippen LogP contribution in [0.15, 0.2) is 30.3 Å². The van der Waals surface area contributed by atoms with Gasteiger partial charge in [-0.1, -0.05) is 30.3 Å². The smallest absolute Gasteiger partial charge is 0.407 e. The van der Waals surface area contributed by atoms with Crippen molar-refractivity contribution in [3.63, 3.8) is 0 Å². The number of hydrogen-bond donors (Lipinski definition) is 2. The monoisotopic (exact) mass is 222 g/mol. The van der Waals surface area contributed by atoms with E-state index in [-0.39, 0.29) is 12.1 Å². The van der Waals surface area contributed by atoms with Crippen LogP contribution in [-0.4, -0.2) is 25.7 Å². The van der Waals surface area contributed by atoms with Crippen LogP contribution in [0.2, 0.25) is 0 Å². The fourth-order valence-electron chi connectivity index (χ4n) is 1.32. The van der Waals surface area contributed by atoms with Crippen molar-refractivity contribution in [1.29, 1.82) is 0 Å². The third-order valence-electron chi connectivity index (χ3n) is 2.09. The molecule has 16 heavy (non-hydrogen) atoms. The second-order valence-electron chi connectivity index (χ2n) is 3.66. The van der Waals surface area contributed by atoms with Crippen LogP contribution in [0.3, 0.4) is 0 Å². The van der Waals surface area contributed by atoms with Crippen molar-refractivity contribution in [2.45, 2.75) is 19.6 Å². The molecule has 4 heteroatoms. The van der Waals surface area contributed by atoms with E-state index in [1.165, 1.54) is 0 Å². The Labute approximate surface area is 96.0 Å². The second-order valence-corrected chi connectivity index (χ2v) is 3.66. The fourth-order valence-corrected chi connectivity index (χ4v) is 1.32. The molecule has 1 rings (SSSR count). The molecule has 0 radical (unpaired) electrons. The summed E-state index contributed by atoms with van der Waals surface area (Å²) in [4.78, 5) is 11.3. The summed E-state index contributed by atoms with van der Waals surface area (Å²) in [5.41, 5.74) is 0.985. The van der Waals surface area contributed by atoms with Gasteiger partial charge in [0, 0.05) is 12.6 Å². The zero-order valence-electron chi connectivity index (χ0n) is 9.69. The third kappa shape index (κ3) is 4.79. The van der Waals surface area contributed by atoms with Crippen molar-refractivity contribution >= 4 is 6.09 Å². The zero-order valence-corrected chi connectivity index (χ0v) is 9.69. The summed E-state index contributed by atoms with van der Waals surface area (Å²) in [6.45, 7) is 2.94. The maximum absolute atomic E-state index is 11.3. The number of hydrogen-bond acceptors (Lipinski definition) is 3. The molecule has 0 aliphatic carbocycles. The standard InChI is InChI=1S/C12H18N2O2/c1-10(8-13-2)14-12(15)16-9-11-6-4-3-5-7-11/h3-7,10,13H,8-9H2,1-2H3,(H,14,15)/t10-/m0/s1. The van der Waals surface area contributed by atoms with Crippen LogP contribution >= 0.6 is 0 Å². The largest absolute Gasteiger partial charge is 0.445 e. The lowest BCUT2D eigenvalue weighted by Crippen LogP contribution is -2.39. The number of alkyl carbamates (subject to hydrolysis) is 1.